The summed E-state index contributed by atoms with van der Waals surface area (Å²) in [5.41, 5.74) is -0.173. The highest BCUT2D eigenvalue weighted by molar-refractivity contribution is 6.33. The second-order valence-corrected chi connectivity index (χ2v) is 5.78. The Morgan fingerprint density at radius 2 is 1.71 bits per heavy atom. The Kier molecular flexibility index (Phi) is 5.17. The maximum atomic E-state index is 12.5. The number of ether oxygens (including phenoxy) is 1. The number of hydrogen-bond donors (Lipinski definition) is 2. The van der Waals surface area contributed by atoms with Crippen LogP contribution in [0.4, 0.5) is 0 Å². The molecule has 0 amide bonds. The van der Waals surface area contributed by atoms with Crippen LogP contribution in [0.1, 0.15) is 22.8 Å². The Hall–Kier alpha value is -2.50. The van der Waals surface area contributed by atoms with E-state index in [9.17, 15) is 19.8 Å². The molecule has 0 heterocycles. The van der Waals surface area contributed by atoms with Crippen molar-refractivity contribution < 1.29 is 24.5 Å². The number of rotatable bonds is 4. The molecule has 0 saturated carbocycles. The molecule has 24 heavy (non-hydrogen) atoms. The molecule has 0 aromatic heterocycles. The molecule has 0 fully saturated rings. The zero-order valence-corrected chi connectivity index (χ0v) is 14.0. The van der Waals surface area contributed by atoms with Crippen LogP contribution in [0.15, 0.2) is 42.5 Å². The van der Waals surface area contributed by atoms with Crippen LogP contribution in [0.5, 0.6) is 17.2 Å². The zero-order valence-electron chi connectivity index (χ0n) is 12.5. The molecule has 2 aromatic rings. The Morgan fingerprint density at radius 3 is 2.29 bits per heavy atom. The van der Waals surface area contributed by atoms with Gasteiger partial charge >= 0.3 is 5.97 Å². The van der Waals surface area contributed by atoms with Crippen molar-refractivity contribution >= 4 is 35.0 Å². The lowest BCUT2D eigenvalue weighted by molar-refractivity contribution is -0.130. The van der Waals surface area contributed by atoms with Gasteiger partial charge in [0.15, 0.2) is 11.5 Å². The van der Waals surface area contributed by atoms with E-state index < -0.39 is 17.5 Å². The number of halogens is 2. The molecule has 7 heteroatoms. The smallest absolute Gasteiger partial charge is 0.338 e. The molecular formula is C17H12Cl2O5. The second kappa shape index (κ2) is 6.95. The van der Waals surface area contributed by atoms with Crippen LogP contribution in [-0.2, 0) is 4.79 Å². The van der Waals surface area contributed by atoms with Gasteiger partial charge < -0.3 is 14.9 Å². The summed E-state index contributed by atoms with van der Waals surface area (Å²) in [6, 6.07) is 6.48. The molecule has 0 aliphatic rings. The standard InChI is InChI=1S/C17H12Cl2O5/c1-8(2)17(23)24-16-12(19)6-5-11(15(16)22)14(21)10-4-3-9(18)7-13(10)20/h3-7,20,22H,1H2,2H3. The first-order valence-corrected chi connectivity index (χ1v) is 7.40. The van der Waals surface area contributed by atoms with Gasteiger partial charge in [-0.1, -0.05) is 29.8 Å². The minimum Gasteiger partial charge on any atom is -0.507 e. The Bertz CT molecular complexity index is 858. The minimum absolute atomic E-state index is 0.0565. The van der Waals surface area contributed by atoms with Gasteiger partial charge in [0.25, 0.3) is 0 Å². The van der Waals surface area contributed by atoms with E-state index >= 15 is 0 Å². The summed E-state index contributed by atoms with van der Waals surface area (Å²) in [6.45, 7) is 4.85. The number of aromatic hydroxyl groups is 2. The summed E-state index contributed by atoms with van der Waals surface area (Å²) in [7, 11) is 0. The van der Waals surface area contributed by atoms with E-state index in [4.69, 9.17) is 27.9 Å². The van der Waals surface area contributed by atoms with Crippen LogP contribution < -0.4 is 4.74 Å². The highest BCUT2D eigenvalue weighted by Gasteiger charge is 2.23. The number of phenols is 2. The van der Waals surface area contributed by atoms with Gasteiger partial charge in [0.2, 0.25) is 5.78 Å². The molecule has 124 valence electrons. The number of ketones is 1. The van der Waals surface area contributed by atoms with Crippen LogP contribution >= 0.6 is 23.2 Å². The first-order chi connectivity index (χ1) is 11.2. The highest BCUT2D eigenvalue weighted by Crippen LogP contribution is 2.39. The van der Waals surface area contributed by atoms with Crippen LogP contribution in [-0.4, -0.2) is 22.0 Å². The van der Waals surface area contributed by atoms with E-state index in [0.717, 1.165) is 0 Å². The Labute approximate surface area is 147 Å². The Morgan fingerprint density at radius 1 is 1.08 bits per heavy atom. The molecule has 0 spiro atoms. The summed E-state index contributed by atoms with van der Waals surface area (Å²) >= 11 is 11.6. The number of carbonyl (C=O) groups excluding carboxylic acids is 2. The maximum absolute atomic E-state index is 12.5. The van der Waals surface area contributed by atoms with Crippen molar-refractivity contribution in [2.75, 3.05) is 0 Å². The predicted octanol–water partition coefficient (Wildman–Crippen LogP) is 4.12. The first-order valence-electron chi connectivity index (χ1n) is 6.64. The van der Waals surface area contributed by atoms with Gasteiger partial charge in [0, 0.05) is 10.6 Å². The predicted molar refractivity (Wildman–Crippen MR) is 90.1 cm³/mol. The lowest BCUT2D eigenvalue weighted by Gasteiger charge is -2.12. The average Bonchev–Trinajstić information content (AvgIpc) is 2.50. The molecule has 2 N–H and O–H groups in total. The summed E-state index contributed by atoms with van der Waals surface area (Å²) in [6.07, 6.45) is 0. The quantitative estimate of drug-likeness (QED) is 0.368. The fourth-order valence-corrected chi connectivity index (χ4v) is 2.21. The van der Waals surface area contributed by atoms with Crippen LogP contribution in [0.2, 0.25) is 10.0 Å². The lowest BCUT2D eigenvalue weighted by Crippen LogP contribution is -2.10. The molecule has 2 rings (SSSR count). The van der Waals surface area contributed by atoms with Gasteiger partial charge in [-0.05, 0) is 37.3 Å². The highest BCUT2D eigenvalue weighted by atomic mass is 35.5. The molecular weight excluding hydrogens is 355 g/mol. The van der Waals surface area contributed by atoms with Crippen molar-refractivity contribution in [3.05, 3.63) is 63.7 Å². The molecule has 0 saturated heterocycles. The molecule has 0 unspecified atom stereocenters. The van der Waals surface area contributed by atoms with E-state index in [0.29, 0.717) is 0 Å². The number of hydrogen-bond acceptors (Lipinski definition) is 5. The zero-order chi connectivity index (χ0) is 18.0. The van der Waals surface area contributed by atoms with Gasteiger partial charge in [-0.25, -0.2) is 4.79 Å². The largest absolute Gasteiger partial charge is 0.507 e. The maximum Gasteiger partial charge on any atom is 0.338 e. The molecule has 0 aliphatic carbocycles. The van der Waals surface area contributed by atoms with Crippen LogP contribution in [0.3, 0.4) is 0 Å². The lowest BCUT2D eigenvalue weighted by atomic mass is 10.0. The van der Waals surface area contributed by atoms with Crippen LogP contribution in [0, 0.1) is 0 Å². The summed E-state index contributed by atoms with van der Waals surface area (Å²) in [4.78, 5) is 24.1. The number of esters is 1. The average molecular weight is 367 g/mol. The van der Waals surface area contributed by atoms with Gasteiger partial charge in [0.1, 0.15) is 5.75 Å². The number of phenolic OH excluding ortho intramolecular Hbond substituents is 2. The van der Waals surface area contributed by atoms with Crippen molar-refractivity contribution in [1.82, 2.24) is 0 Å². The minimum atomic E-state index is -0.800. The van der Waals surface area contributed by atoms with Gasteiger partial charge in [-0.15, -0.1) is 0 Å². The van der Waals surface area contributed by atoms with Gasteiger partial charge in [-0.3, -0.25) is 4.79 Å². The van der Waals surface area contributed by atoms with E-state index in [1.807, 2.05) is 0 Å². The fourth-order valence-electron chi connectivity index (χ4n) is 1.85. The summed E-state index contributed by atoms with van der Waals surface area (Å²) < 4.78 is 4.96. The van der Waals surface area contributed by atoms with E-state index in [1.165, 1.54) is 37.3 Å². The van der Waals surface area contributed by atoms with E-state index in [2.05, 4.69) is 6.58 Å². The van der Waals surface area contributed by atoms with Crippen molar-refractivity contribution in [3.8, 4) is 17.2 Å². The van der Waals surface area contributed by atoms with Gasteiger partial charge in [0.05, 0.1) is 16.1 Å². The second-order valence-electron chi connectivity index (χ2n) is 4.93. The van der Waals surface area contributed by atoms with Crippen molar-refractivity contribution in [3.63, 3.8) is 0 Å². The molecule has 5 nitrogen and oxygen atoms in total. The molecule has 0 aliphatic heterocycles. The molecule has 2 aromatic carbocycles. The molecule has 0 radical (unpaired) electrons. The number of benzene rings is 2. The third kappa shape index (κ3) is 3.53. The van der Waals surface area contributed by atoms with E-state index in [1.54, 1.807) is 0 Å². The van der Waals surface area contributed by atoms with Gasteiger partial charge in [-0.2, -0.15) is 0 Å². The number of carbonyl (C=O) groups is 2. The fraction of sp³-hybridized carbons (Fsp3) is 0.0588. The van der Waals surface area contributed by atoms with Crippen LogP contribution in [0.25, 0.3) is 0 Å². The third-order valence-electron chi connectivity index (χ3n) is 3.08. The topological polar surface area (TPSA) is 83.8 Å². The summed E-state index contributed by atoms with van der Waals surface area (Å²) in [5, 5.41) is 20.3. The monoisotopic (exact) mass is 366 g/mol. The first kappa shape index (κ1) is 17.8. The third-order valence-corrected chi connectivity index (χ3v) is 3.61. The van der Waals surface area contributed by atoms with Crippen molar-refractivity contribution in [2.45, 2.75) is 6.92 Å². The van der Waals surface area contributed by atoms with E-state index in [-0.39, 0.29) is 38.2 Å². The summed E-state index contributed by atoms with van der Waals surface area (Å²) in [5.74, 6) is -2.81. The molecule has 0 bridgehead atoms. The SMILES string of the molecule is C=C(C)C(=O)Oc1c(Cl)ccc(C(=O)c2ccc(Cl)cc2O)c1O. The van der Waals surface area contributed by atoms with Crippen molar-refractivity contribution in [1.29, 1.82) is 0 Å². The molecule has 0 atom stereocenters. The Balaban J connectivity index is 2.49. The van der Waals surface area contributed by atoms with Crippen molar-refractivity contribution in [2.24, 2.45) is 0 Å². The normalized spacial score (nSPS) is 10.3.